The van der Waals surface area contributed by atoms with E-state index in [1.54, 1.807) is 32.1 Å². The maximum atomic E-state index is 1.67. The molecule has 0 aromatic heterocycles. The molecule has 4 unspecified atom stereocenters. The minimum Gasteiger partial charge on any atom is -0.0470 e. The summed E-state index contributed by atoms with van der Waals surface area (Å²) < 4.78 is 0. The van der Waals surface area contributed by atoms with Crippen molar-refractivity contribution in [3.05, 3.63) is 0 Å². The van der Waals surface area contributed by atoms with E-state index in [0.29, 0.717) is 0 Å². The molecule has 0 spiro atoms. The molecule has 6 saturated carbocycles. The Kier molecular flexibility index (Phi) is 0.860. The third kappa shape index (κ3) is 0.521. The molecule has 0 saturated heterocycles. The van der Waals surface area contributed by atoms with Crippen molar-refractivity contribution in [1.82, 2.24) is 0 Å². The van der Waals surface area contributed by atoms with Crippen molar-refractivity contribution >= 4 is 0 Å². The molecule has 0 nitrogen and oxygen atoms in total. The standard InChI is InChI=1S/C13H18/c1-6-2-11-9-4-7-5-10(8(1)9)12(3-6)13(7)11/h6-13H,1-5H2. The van der Waals surface area contributed by atoms with Crippen molar-refractivity contribution in [1.29, 1.82) is 0 Å². The van der Waals surface area contributed by atoms with Crippen LogP contribution in [0.2, 0.25) is 0 Å². The SMILES string of the molecule is C1C2CC3C4CC5CC(C14)C(C2)C53. The van der Waals surface area contributed by atoms with E-state index in [1.165, 1.54) is 47.3 Å². The average molecular weight is 174 g/mol. The molecule has 6 fully saturated rings. The number of hydrogen-bond acceptors (Lipinski definition) is 0. The Morgan fingerprint density at radius 2 is 1.08 bits per heavy atom. The second-order valence-electron chi connectivity index (χ2n) is 6.70. The molecular formula is C13H18. The number of rotatable bonds is 0. The third-order valence-corrected chi connectivity index (χ3v) is 6.70. The predicted octanol–water partition coefficient (Wildman–Crippen LogP) is 2.93. The Morgan fingerprint density at radius 1 is 0.538 bits per heavy atom. The highest BCUT2D eigenvalue weighted by molar-refractivity contribution is 5.16. The quantitative estimate of drug-likeness (QED) is 0.529. The maximum Gasteiger partial charge on any atom is -0.0323 e. The highest BCUT2D eigenvalue weighted by Crippen LogP contribution is 2.74. The van der Waals surface area contributed by atoms with Gasteiger partial charge in [-0.2, -0.15) is 0 Å². The molecule has 0 aromatic carbocycles. The van der Waals surface area contributed by atoms with Gasteiger partial charge in [-0.3, -0.25) is 0 Å². The summed E-state index contributed by atoms with van der Waals surface area (Å²) in [5.74, 6) is 9.86. The summed E-state index contributed by atoms with van der Waals surface area (Å²) >= 11 is 0. The van der Waals surface area contributed by atoms with Gasteiger partial charge in [0.25, 0.3) is 0 Å². The summed E-state index contributed by atoms with van der Waals surface area (Å²) in [6.07, 6.45) is 8.30. The van der Waals surface area contributed by atoms with E-state index in [-0.39, 0.29) is 0 Å². The normalized spacial score (nSPS) is 75.7. The second kappa shape index (κ2) is 1.73. The van der Waals surface area contributed by atoms with Gasteiger partial charge in [-0.1, -0.05) is 0 Å². The first-order valence-corrected chi connectivity index (χ1v) is 6.42. The largest absolute Gasteiger partial charge is 0.0470 e. The summed E-state index contributed by atoms with van der Waals surface area (Å²) in [6, 6.07) is 0. The Morgan fingerprint density at radius 3 is 1.77 bits per heavy atom. The van der Waals surface area contributed by atoms with Crippen molar-refractivity contribution < 1.29 is 0 Å². The molecule has 0 amide bonds. The van der Waals surface area contributed by atoms with Gasteiger partial charge in [-0.25, -0.2) is 0 Å². The van der Waals surface area contributed by atoms with Crippen LogP contribution >= 0.6 is 0 Å². The van der Waals surface area contributed by atoms with Crippen LogP contribution in [0.3, 0.4) is 0 Å². The van der Waals surface area contributed by atoms with Crippen molar-refractivity contribution in [2.75, 3.05) is 0 Å². The van der Waals surface area contributed by atoms with E-state index in [2.05, 4.69) is 0 Å². The van der Waals surface area contributed by atoms with Crippen LogP contribution in [0.4, 0.5) is 0 Å². The van der Waals surface area contributed by atoms with E-state index in [1.807, 2.05) is 0 Å². The average Bonchev–Trinajstić information content (AvgIpc) is 2.64. The van der Waals surface area contributed by atoms with Crippen LogP contribution in [-0.4, -0.2) is 0 Å². The predicted molar refractivity (Wildman–Crippen MR) is 51.0 cm³/mol. The summed E-state index contributed by atoms with van der Waals surface area (Å²) in [4.78, 5) is 0. The molecule has 70 valence electrons. The topological polar surface area (TPSA) is 0 Å². The monoisotopic (exact) mass is 174 g/mol. The summed E-state index contributed by atoms with van der Waals surface area (Å²) in [6.45, 7) is 0. The van der Waals surface area contributed by atoms with Crippen LogP contribution in [0, 0.1) is 47.3 Å². The Labute approximate surface area is 80.1 Å². The first-order valence-electron chi connectivity index (χ1n) is 6.42. The fourth-order valence-corrected chi connectivity index (χ4v) is 6.81. The lowest BCUT2D eigenvalue weighted by molar-refractivity contribution is -0.0766. The van der Waals surface area contributed by atoms with Gasteiger partial charge in [0.05, 0.1) is 0 Å². The maximum absolute atomic E-state index is 1.67. The summed E-state index contributed by atoms with van der Waals surface area (Å²) in [5.41, 5.74) is 0. The second-order valence-corrected chi connectivity index (χ2v) is 6.70. The fraction of sp³-hybridized carbons (Fsp3) is 1.00. The van der Waals surface area contributed by atoms with Gasteiger partial charge in [0, 0.05) is 0 Å². The molecule has 6 rings (SSSR count). The fourth-order valence-electron chi connectivity index (χ4n) is 6.81. The molecule has 6 aliphatic carbocycles. The van der Waals surface area contributed by atoms with Gasteiger partial charge >= 0.3 is 0 Å². The Hall–Kier alpha value is 0. The Bertz CT molecular complexity index is 244. The van der Waals surface area contributed by atoms with Crippen LogP contribution in [-0.2, 0) is 0 Å². The molecule has 0 aromatic rings. The lowest BCUT2D eigenvalue weighted by atomic mass is 9.49. The minimum atomic E-state index is 1.19. The van der Waals surface area contributed by atoms with Crippen LogP contribution in [0.15, 0.2) is 0 Å². The van der Waals surface area contributed by atoms with E-state index in [0.717, 1.165) is 0 Å². The smallest absolute Gasteiger partial charge is 0.0323 e. The summed E-state index contributed by atoms with van der Waals surface area (Å²) in [7, 11) is 0. The van der Waals surface area contributed by atoms with E-state index in [4.69, 9.17) is 0 Å². The van der Waals surface area contributed by atoms with Crippen molar-refractivity contribution in [2.24, 2.45) is 47.3 Å². The van der Waals surface area contributed by atoms with Gasteiger partial charge in [0.1, 0.15) is 0 Å². The van der Waals surface area contributed by atoms with E-state index in [9.17, 15) is 0 Å². The van der Waals surface area contributed by atoms with Crippen molar-refractivity contribution in [3.63, 3.8) is 0 Å². The lowest BCUT2D eigenvalue weighted by Gasteiger charge is -2.56. The van der Waals surface area contributed by atoms with Crippen LogP contribution in [0.5, 0.6) is 0 Å². The molecule has 0 heterocycles. The first kappa shape index (κ1) is 6.48. The summed E-state index contributed by atoms with van der Waals surface area (Å²) in [5, 5.41) is 0. The van der Waals surface area contributed by atoms with Gasteiger partial charge < -0.3 is 0 Å². The number of hydrogen-bond donors (Lipinski definition) is 0. The zero-order valence-electron chi connectivity index (χ0n) is 8.15. The first-order chi connectivity index (χ1) is 6.42. The van der Waals surface area contributed by atoms with E-state index < -0.39 is 0 Å². The molecule has 7 bridgehead atoms. The van der Waals surface area contributed by atoms with E-state index >= 15 is 0 Å². The van der Waals surface area contributed by atoms with Gasteiger partial charge in [0.15, 0.2) is 0 Å². The third-order valence-electron chi connectivity index (χ3n) is 6.70. The van der Waals surface area contributed by atoms with Crippen LogP contribution in [0.1, 0.15) is 32.1 Å². The van der Waals surface area contributed by atoms with Crippen LogP contribution in [0.25, 0.3) is 0 Å². The lowest BCUT2D eigenvalue weighted by Crippen LogP contribution is -2.49. The molecular weight excluding hydrogens is 156 g/mol. The minimum absolute atomic E-state index is 1.19. The molecule has 0 N–H and O–H groups in total. The van der Waals surface area contributed by atoms with Gasteiger partial charge in [0.2, 0.25) is 0 Å². The van der Waals surface area contributed by atoms with Crippen LogP contribution < -0.4 is 0 Å². The Balaban J connectivity index is 1.77. The highest BCUT2D eigenvalue weighted by Gasteiger charge is 2.67. The zero-order valence-corrected chi connectivity index (χ0v) is 8.15. The zero-order chi connectivity index (χ0) is 8.15. The molecule has 6 aliphatic rings. The molecule has 4 atom stereocenters. The van der Waals surface area contributed by atoms with Gasteiger partial charge in [-0.15, -0.1) is 0 Å². The van der Waals surface area contributed by atoms with Crippen molar-refractivity contribution in [2.45, 2.75) is 32.1 Å². The van der Waals surface area contributed by atoms with Gasteiger partial charge in [-0.05, 0) is 79.4 Å². The molecule has 13 heavy (non-hydrogen) atoms. The van der Waals surface area contributed by atoms with Crippen molar-refractivity contribution in [3.8, 4) is 0 Å². The molecule has 0 aliphatic heterocycles. The molecule has 0 heteroatoms. The molecule has 0 radical (unpaired) electrons. The highest BCUT2D eigenvalue weighted by atomic mass is 14.7.